The van der Waals surface area contributed by atoms with Crippen molar-refractivity contribution in [2.45, 2.75) is 6.92 Å². The van der Waals surface area contributed by atoms with Crippen molar-refractivity contribution >= 4 is 16.5 Å². The van der Waals surface area contributed by atoms with Gasteiger partial charge in [-0.3, -0.25) is 0 Å². The molecule has 76 valence electrons. The van der Waals surface area contributed by atoms with Crippen molar-refractivity contribution in [3.8, 4) is 5.75 Å². The molecule has 0 amide bonds. The molecule has 0 aliphatic rings. The molecule has 15 heavy (non-hydrogen) atoms. The first kappa shape index (κ1) is 9.52. The second kappa shape index (κ2) is 3.28. The van der Waals surface area contributed by atoms with E-state index in [2.05, 4.69) is 6.58 Å². The molecule has 3 heteroatoms. The molecular formula is C12H10O3. The fourth-order valence-corrected chi connectivity index (χ4v) is 1.40. The summed E-state index contributed by atoms with van der Waals surface area (Å²) in [6, 6.07) is 6.37. The average molecular weight is 202 g/mol. The molecule has 0 saturated carbocycles. The van der Waals surface area contributed by atoms with Gasteiger partial charge in [-0.25, -0.2) is 4.79 Å². The largest absolute Gasteiger partial charge is 0.508 e. The van der Waals surface area contributed by atoms with E-state index in [0.29, 0.717) is 16.7 Å². The predicted octanol–water partition coefficient (Wildman–Crippen LogP) is 2.53. The lowest BCUT2D eigenvalue weighted by atomic mass is 10.1. The maximum absolute atomic E-state index is 11.5. The van der Waals surface area contributed by atoms with Crippen LogP contribution in [0.25, 0.3) is 16.5 Å². The number of rotatable bonds is 1. The van der Waals surface area contributed by atoms with Crippen molar-refractivity contribution in [2.75, 3.05) is 0 Å². The van der Waals surface area contributed by atoms with Crippen molar-refractivity contribution in [1.82, 2.24) is 0 Å². The highest BCUT2D eigenvalue weighted by Gasteiger charge is 2.05. The summed E-state index contributed by atoms with van der Waals surface area (Å²) in [5.74, 6) is 0.0775. The Morgan fingerprint density at radius 1 is 1.40 bits per heavy atom. The van der Waals surface area contributed by atoms with Crippen LogP contribution in [0.5, 0.6) is 5.75 Å². The summed E-state index contributed by atoms with van der Waals surface area (Å²) < 4.78 is 5.06. The van der Waals surface area contributed by atoms with Gasteiger partial charge in [0.25, 0.3) is 0 Å². The lowest BCUT2D eigenvalue weighted by Crippen LogP contribution is -2.04. The molecule has 2 rings (SSSR count). The van der Waals surface area contributed by atoms with E-state index in [1.807, 2.05) is 0 Å². The first-order valence-corrected chi connectivity index (χ1v) is 4.50. The molecule has 0 unspecified atom stereocenters. The van der Waals surface area contributed by atoms with Crippen LogP contribution in [0.3, 0.4) is 0 Å². The van der Waals surface area contributed by atoms with Gasteiger partial charge in [0.1, 0.15) is 11.3 Å². The molecule has 0 radical (unpaired) electrons. The lowest BCUT2D eigenvalue weighted by molar-refractivity contribution is 0.473. The Kier molecular flexibility index (Phi) is 2.08. The molecule has 1 aromatic heterocycles. The van der Waals surface area contributed by atoms with E-state index in [-0.39, 0.29) is 5.75 Å². The molecular weight excluding hydrogens is 192 g/mol. The minimum atomic E-state index is -0.430. The predicted molar refractivity (Wildman–Crippen MR) is 58.9 cm³/mol. The number of aromatic hydroxyl groups is 1. The van der Waals surface area contributed by atoms with E-state index in [1.54, 1.807) is 25.1 Å². The van der Waals surface area contributed by atoms with Crippen LogP contribution in [0.15, 0.2) is 40.1 Å². The maximum atomic E-state index is 11.5. The number of phenolic OH excluding ortho intramolecular Hbond substituents is 1. The van der Waals surface area contributed by atoms with Crippen molar-refractivity contribution in [1.29, 1.82) is 0 Å². The molecule has 1 aromatic carbocycles. The minimum Gasteiger partial charge on any atom is -0.508 e. The van der Waals surface area contributed by atoms with E-state index < -0.39 is 5.63 Å². The zero-order valence-electron chi connectivity index (χ0n) is 8.28. The summed E-state index contributed by atoms with van der Waals surface area (Å²) in [6.45, 7) is 5.45. The second-order valence-electron chi connectivity index (χ2n) is 3.45. The number of phenols is 1. The van der Waals surface area contributed by atoms with E-state index in [4.69, 9.17) is 4.42 Å². The average Bonchev–Trinajstić information content (AvgIpc) is 2.15. The highest BCUT2D eigenvalue weighted by molar-refractivity contribution is 5.81. The van der Waals surface area contributed by atoms with Gasteiger partial charge in [0.15, 0.2) is 0 Å². The number of hydrogen-bond acceptors (Lipinski definition) is 3. The van der Waals surface area contributed by atoms with Crippen LogP contribution in [-0.2, 0) is 0 Å². The van der Waals surface area contributed by atoms with Gasteiger partial charge >= 0.3 is 5.63 Å². The maximum Gasteiger partial charge on any atom is 0.343 e. The van der Waals surface area contributed by atoms with Gasteiger partial charge in [0.2, 0.25) is 0 Å². The van der Waals surface area contributed by atoms with E-state index in [9.17, 15) is 9.90 Å². The Morgan fingerprint density at radius 2 is 2.13 bits per heavy atom. The molecule has 0 fully saturated rings. The Labute approximate surface area is 86.3 Å². The molecule has 0 spiro atoms. The van der Waals surface area contributed by atoms with Crippen molar-refractivity contribution < 1.29 is 9.52 Å². The molecule has 0 aliphatic heterocycles. The normalized spacial score (nSPS) is 10.5. The van der Waals surface area contributed by atoms with Crippen LogP contribution in [0.4, 0.5) is 0 Å². The molecule has 2 aromatic rings. The zero-order chi connectivity index (χ0) is 11.0. The van der Waals surface area contributed by atoms with Crippen molar-refractivity contribution in [2.24, 2.45) is 0 Å². The monoisotopic (exact) mass is 202 g/mol. The van der Waals surface area contributed by atoms with Gasteiger partial charge in [0.05, 0.1) is 5.56 Å². The highest BCUT2D eigenvalue weighted by Crippen LogP contribution is 2.20. The number of benzene rings is 1. The molecule has 0 atom stereocenters. The lowest BCUT2D eigenvalue weighted by Gasteiger charge is -2.01. The van der Waals surface area contributed by atoms with Crippen LogP contribution >= 0.6 is 0 Å². The first-order chi connectivity index (χ1) is 7.08. The van der Waals surface area contributed by atoms with Crippen LogP contribution in [0, 0.1) is 0 Å². The highest BCUT2D eigenvalue weighted by atomic mass is 16.4. The summed E-state index contributed by atoms with van der Waals surface area (Å²) in [5, 5.41) is 9.99. The third-order valence-electron chi connectivity index (χ3n) is 2.18. The molecule has 0 saturated heterocycles. The standard InChI is InChI=1S/C12H10O3/c1-7(2)10-5-8-3-4-9(13)6-11(8)15-12(10)14/h3-6,13H,1H2,2H3. The van der Waals surface area contributed by atoms with Gasteiger partial charge in [0, 0.05) is 11.5 Å². The zero-order valence-corrected chi connectivity index (χ0v) is 8.28. The van der Waals surface area contributed by atoms with Gasteiger partial charge in [-0.1, -0.05) is 6.58 Å². The van der Waals surface area contributed by atoms with Crippen molar-refractivity contribution in [3.05, 3.63) is 46.8 Å². The summed E-state index contributed by atoms with van der Waals surface area (Å²) >= 11 is 0. The summed E-state index contributed by atoms with van der Waals surface area (Å²) in [6.07, 6.45) is 0. The second-order valence-corrected chi connectivity index (χ2v) is 3.45. The third kappa shape index (κ3) is 1.64. The quantitative estimate of drug-likeness (QED) is 0.723. The summed E-state index contributed by atoms with van der Waals surface area (Å²) in [4.78, 5) is 11.5. The first-order valence-electron chi connectivity index (χ1n) is 4.50. The third-order valence-corrected chi connectivity index (χ3v) is 2.18. The van der Waals surface area contributed by atoms with Gasteiger partial charge in [-0.2, -0.15) is 0 Å². The molecule has 1 heterocycles. The van der Waals surface area contributed by atoms with Gasteiger partial charge in [-0.05, 0) is 30.7 Å². The topological polar surface area (TPSA) is 50.4 Å². The van der Waals surface area contributed by atoms with Crippen LogP contribution in [0.1, 0.15) is 12.5 Å². The van der Waals surface area contributed by atoms with Crippen LogP contribution in [0.2, 0.25) is 0 Å². The Hall–Kier alpha value is -2.03. The molecule has 0 bridgehead atoms. The Morgan fingerprint density at radius 3 is 2.80 bits per heavy atom. The SMILES string of the molecule is C=C(C)c1cc2ccc(O)cc2oc1=O. The fourth-order valence-electron chi connectivity index (χ4n) is 1.40. The molecule has 0 aliphatic carbocycles. The Balaban J connectivity index is 2.82. The fraction of sp³-hybridized carbons (Fsp3) is 0.0833. The summed E-state index contributed by atoms with van der Waals surface area (Å²) in [7, 11) is 0. The Bertz CT molecular complexity index is 593. The van der Waals surface area contributed by atoms with Crippen LogP contribution in [-0.4, -0.2) is 5.11 Å². The molecule has 1 N–H and O–H groups in total. The van der Waals surface area contributed by atoms with E-state index in [0.717, 1.165) is 5.39 Å². The van der Waals surface area contributed by atoms with E-state index >= 15 is 0 Å². The van der Waals surface area contributed by atoms with Crippen LogP contribution < -0.4 is 5.63 Å². The molecule has 3 nitrogen and oxygen atoms in total. The van der Waals surface area contributed by atoms with Gasteiger partial charge < -0.3 is 9.52 Å². The van der Waals surface area contributed by atoms with Gasteiger partial charge in [-0.15, -0.1) is 0 Å². The minimum absolute atomic E-state index is 0.0775. The van der Waals surface area contributed by atoms with E-state index in [1.165, 1.54) is 6.07 Å². The number of fused-ring (bicyclic) bond motifs is 1. The number of allylic oxidation sites excluding steroid dienone is 1. The smallest absolute Gasteiger partial charge is 0.343 e. The summed E-state index contributed by atoms with van der Waals surface area (Å²) in [5.41, 5.74) is 1.08. The number of hydrogen-bond donors (Lipinski definition) is 1. The van der Waals surface area contributed by atoms with Crippen molar-refractivity contribution in [3.63, 3.8) is 0 Å².